The molecule has 0 radical (unpaired) electrons. The number of halogens is 1. The van der Waals surface area contributed by atoms with Gasteiger partial charge in [0.25, 0.3) is 0 Å². The smallest absolute Gasteiger partial charge is 0.122 e. The fraction of sp³-hybridized carbons (Fsp3) is 0.250. The average molecular weight is 365 g/mol. The lowest BCUT2D eigenvalue weighted by Gasteiger charge is -2.18. The molecule has 0 aromatic heterocycles. The number of benzene rings is 2. The molecule has 0 fully saturated rings. The molecule has 1 heterocycles. The summed E-state index contributed by atoms with van der Waals surface area (Å²) in [7, 11) is 2.01. The third-order valence-corrected chi connectivity index (χ3v) is 4.26. The Morgan fingerprint density at radius 2 is 1.84 bits per heavy atom. The summed E-state index contributed by atoms with van der Waals surface area (Å²) in [4.78, 5) is 0. The Morgan fingerprint density at radius 1 is 1.11 bits per heavy atom. The summed E-state index contributed by atoms with van der Waals surface area (Å²) in [5.41, 5.74) is 3.91. The molecule has 3 heteroatoms. The van der Waals surface area contributed by atoms with Gasteiger partial charge in [0.1, 0.15) is 5.75 Å². The maximum absolute atomic E-state index is 5.57. The van der Waals surface area contributed by atoms with Crippen molar-refractivity contribution >= 4 is 22.6 Å². The highest BCUT2D eigenvalue weighted by Gasteiger charge is 2.17. The van der Waals surface area contributed by atoms with Crippen LogP contribution in [-0.2, 0) is 6.42 Å². The number of fused-ring (bicyclic) bond motifs is 1. The summed E-state index contributed by atoms with van der Waals surface area (Å²) in [6, 6.07) is 15.4. The van der Waals surface area contributed by atoms with Crippen molar-refractivity contribution in [3.8, 4) is 5.75 Å². The summed E-state index contributed by atoms with van der Waals surface area (Å²) in [6.07, 6.45) is 1.02. The molecule has 0 aliphatic carbocycles. The van der Waals surface area contributed by atoms with Gasteiger partial charge in [-0.1, -0.05) is 24.3 Å². The maximum Gasteiger partial charge on any atom is 0.122 e. The van der Waals surface area contributed by atoms with Gasteiger partial charge in [-0.05, 0) is 64.5 Å². The Balaban J connectivity index is 1.96. The summed E-state index contributed by atoms with van der Waals surface area (Å²) in [5, 5.41) is 3.40. The molecule has 2 aromatic rings. The van der Waals surface area contributed by atoms with E-state index in [1.807, 2.05) is 7.05 Å². The van der Waals surface area contributed by atoms with Gasteiger partial charge in [-0.3, -0.25) is 0 Å². The van der Waals surface area contributed by atoms with Crippen LogP contribution >= 0.6 is 22.6 Å². The van der Waals surface area contributed by atoms with Crippen molar-refractivity contribution in [1.29, 1.82) is 0 Å². The molecule has 1 atom stereocenters. The number of hydrogen-bond acceptors (Lipinski definition) is 2. The lowest BCUT2D eigenvalue weighted by atomic mass is 9.97. The SMILES string of the molecule is CNC(c1ccc(I)cc1)c1ccc2c(c1)CCO2. The molecular formula is C16H16INO. The Kier molecular flexibility index (Phi) is 3.75. The van der Waals surface area contributed by atoms with Crippen LogP contribution in [0.2, 0.25) is 0 Å². The van der Waals surface area contributed by atoms with E-state index >= 15 is 0 Å². The predicted octanol–water partition coefficient (Wildman–Crippen LogP) is 3.53. The lowest BCUT2D eigenvalue weighted by Crippen LogP contribution is -2.17. The highest BCUT2D eigenvalue weighted by Crippen LogP contribution is 2.30. The van der Waals surface area contributed by atoms with Gasteiger partial charge >= 0.3 is 0 Å². The number of hydrogen-bond donors (Lipinski definition) is 1. The van der Waals surface area contributed by atoms with Crippen molar-refractivity contribution in [3.05, 3.63) is 62.7 Å². The van der Waals surface area contributed by atoms with Gasteiger partial charge in [0.05, 0.1) is 12.6 Å². The van der Waals surface area contributed by atoms with Gasteiger partial charge in [-0.15, -0.1) is 0 Å². The molecule has 98 valence electrons. The van der Waals surface area contributed by atoms with Gasteiger partial charge in [0.2, 0.25) is 0 Å². The summed E-state index contributed by atoms with van der Waals surface area (Å²) in [5.74, 6) is 1.04. The van der Waals surface area contributed by atoms with E-state index in [0.29, 0.717) is 0 Å². The Hall–Kier alpha value is -1.07. The van der Waals surface area contributed by atoms with Crippen LogP contribution in [0.3, 0.4) is 0 Å². The Morgan fingerprint density at radius 3 is 2.58 bits per heavy atom. The molecule has 1 aliphatic rings. The van der Waals surface area contributed by atoms with Crippen molar-refractivity contribution in [2.24, 2.45) is 0 Å². The third kappa shape index (κ3) is 2.62. The number of nitrogens with one attached hydrogen (secondary N) is 1. The van der Waals surface area contributed by atoms with Crippen LogP contribution in [0.25, 0.3) is 0 Å². The van der Waals surface area contributed by atoms with Gasteiger partial charge in [-0.25, -0.2) is 0 Å². The first-order chi connectivity index (χ1) is 9.28. The normalized spacial score (nSPS) is 14.8. The monoisotopic (exact) mass is 365 g/mol. The summed E-state index contributed by atoms with van der Waals surface area (Å²) in [6.45, 7) is 0.812. The maximum atomic E-state index is 5.57. The predicted molar refractivity (Wildman–Crippen MR) is 85.7 cm³/mol. The van der Waals surface area contributed by atoms with Crippen LogP contribution in [0.15, 0.2) is 42.5 Å². The van der Waals surface area contributed by atoms with Crippen molar-refractivity contribution in [1.82, 2.24) is 5.32 Å². The quantitative estimate of drug-likeness (QED) is 0.841. The molecule has 0 saturated carbocycles. The van der Waals surface area contributed by atoms with Gasteiger partial charge < -0.3 is 10.1 Å². The molecule has 0 amide bonds. The van der Waals surface area contributed by atoms with Crippen LogP contribution < -0.4 is 10.1 Å². The molecule has 1 aliphatic heterocycles. The first kappa shape index (κ1) is 12.9. The zero-order valence-corrected chi connectivity index (χ0v) is 13.0. The van der Waals surface area contributed by atoms with E-state index in [9.17, 15) is 0 Å². The molecule has 1 N–H and O–H groups in total. The first-order valence-electron chi connectivity index (χ1n) is 6.46. The second-order valence-electron chi connectivity index (χ2n) is 4.74. The second kappa shape index (κ2) is 5.51. The minimum atomic E-state index is 0.239. The molecule has 0 spiro atoms. The zero-order valence-electron chi connectivity index (χ0n) is 10.8. The molecular weight excluding hydrogens is 349 g/mol. The average Bonchev–Trinajstić information content (AvgIpc) is 2.89. The van der Waals surface area contributed by atoms with E-state index in [-0.39, 0.29) is 6.04 Å². The lowest BCUT2D eigenvalue weighted by molar-refractivity contribution is 0.357. The highest BCUT2D eigenvalue weighted by molar-refractivity contribution is 14.1. The third-order valence-electron chi connectivity index (χ3n) is 3.54. The largest absolute Gasteiger partial charge is 0.493 e. The van der Waals surface area contributed by atoms with E-state index in [4.69, 9.17) is 4.74 Å². The fourth-order valence-corrected chi connectivity index (χ4v) is 2.93. The van der Waals surface area contributed by atoms with Crippen LogP contribution in [-0.4, -0.2) is 13.7 Å². The molecule has 1 unspecified atom stereocenters. The van der Waals surface area contributed by atoms with Crippen molar-refractivity contribution < 1.29 is 4.74 Å². The zero-order chi connectivity index (χ0) is 13.2. The van der Waals surface area contributed by atoms with Gasteiger partial charge in [0, 0.05) is 9.99 Å². The fourth-order valence-electron chi connectivity index (χ4n) is 2.57. The van der Waals surface area contributed by atoms with Crippen molar-refractivity contribution in [3.63, 3.8) is 0 Å². The molecule has 2 nitrogen and oxygen atoms in total. The summed E-state index contributed by atoms with van der Waals surface area (Å²) < 4.78 is 6.83. The van der Waals surface area contributed by atoms with Crippen LogP contribution in [0.1, 0.15) is 22.7 Å². The minimum Gasteiger partial charge on any atom is -0.493 e. The van der Waals surface area contributed by atoms with E-state index in [1.54, 1.807) is 0 Å². The second-order valence-corrected chi connectivity index (χ2v) is 5.98. The number of rotatable bonds is 3. The molecule has 2 aromatic carbocycles. The Bertz CT molecular complexity index is 580. The standard InChI is InChI=1S/C16H16INO/c1-18-16(11-2-5-14(17)6-3-11)13-4-7-15-12(10-13)8-9-19-15/h2-7,10,16,18H,8-9H2,1H3. The van der Waals surface area contributed by atoms with Crippen LogP contribution in [0.5, 0.6) is 5.75 Å². The number of ether oxygens (including phenoxy) is 1. The van der Waals surface area contributed by atoms with Crippen LogP contribution in [0, 0.1) is 3.57 Å². The van der Waals surface area contributed by atoms with Crippen LogP contribution in [0.4, 0.5) is 0 Å². The summed E-state index contributed by atoms with van der Waals surface area (Å²) >= 11 is 2.33. The Labute approximate surface area is 127 Å². The van der Waals surface area contributed by atoms with Gasteiger partial charge in [-0.2, -0.15) is 0 Å². The molecule has 0 saturated heterocycles. The first-order valence-corrected chi connectivity index (χ1v) is 7.54. The van der Waals surface area contributed by atoms with E-state index in [1.165, 1.54) is 20.3 Å². The van der Waals surface area contributed by atoms with E-state index in [2.05, 4.69) is 70.4 Å². The molecule has 19 heavy (non-hydrogen) atoms. The minimum absolute atomic E-state index is 0.239. The van der Waals surface area contributed by atoms with E-state index < -0.39 is 0 Å². The van der Waals surface area contributed by atoms with Crippen molar-refractivity contribution in [2.75, 3.05) is 13.7 Å². The van der Waals surface area contributed by atoms with E-state index in [0.717, 1.165) is 18.8 Å². The highest BCUT2D eigenvalue weighted by atomic mass is 127. The molecule has 3 rings (SSSR count). The molecule has 0 bridgehead atoms. The topological polar surface area (TPSA) is 21.3 Å². The van der Waals surface area contributed by atoms with Crippen molar-refractivity contribution in [2.45, 2.75) is 12.5 Å². The van der Waals surface area contributed by atoms with Gasteiger partial charge in [0.15, 0.2) is 0 Å².